The van der Waals surface area contributed by atoms with Gasteiger partial charge in [0.1, 0.15) is 5.75 Å². The first-order valence-corrected chi connectivity index (χ1v) is 5.69. The number of para-hydroxylation sites is 1. The van der Waals surface area contributed by atoms with Crippen LogP contribution in [-0.2, 0) is 7.05 Å². The quantitative estimate of drug-likeness (QED) is 0.792. The van der Waals surface area contributed by atoms with Crippen molar-refractivity contribution < 1.29 is 9.53 Å². The van der Waals surface area contributed by atoms with E-state index in [0.717, 1.165) is 21.1 Å². The van der Waals surface area contributed by atoms with Crippen LogP contribution in [-0.4, -0.2) is 17.5 Å². The van der Waals surface area contributed by atoms with Crippen LogP contribution in [0.2, 0.25) is 0 Å². The smallest absolute Gasteiger partial charge is 0.177 e. The van der Waals surface area contributed by atoms with E-state index in [4.69, 9.17) is 4.74 Å². The second-order valence-corrected chi connectivity index (χ2v) is 4.43. The molecule has 0 unspecified atom stereocenters. The molecule has 0 spiro atoms. The molecule has 0 saturated carbocycles. The summed E-state index contributed by atoms with van der Waals surface area (Å²) in [5, 5.41) is 0.993. The third kappa shape index (κ3) is 1.45. The standard InChI is InChI=1S/C12H12BrNO2/c1-7(15)11-10(13)8-5-4-6-9(16-3)12(8)14(11)2/h4-6H,1-3H3. The van der Waals surface area contributed by atoms with Gasteiger partial charge in [-0.1, -0.05) is 12.1 Å². The van der Waals surface area contributed by atoms with Gasteiger partial charge < -0.3 is 9.30 Å². The fourth-order valence-corrected chi connectivity index (χ4v) is 2.85. The number of carbonyl (C=O) groups excluding carboxylic acids is 1. The molecule has 0 atom stereocenters. The normalized spacial score (nSPS) is 10.8. The molecule has 2 rings (SSSR count). The maximum absolute atomic E-state index is 11.6. The first-order valence-electron chi connectivity index (χ1n) is 4.89. The molecule has 0 fully saturated rings. The van der Waals surface area contributed by atoms with Gasteiger partial charge in [-0.3, -0.25) is 4.79 Å². The van der Waals surface area contributed by atoms with E-state index in [0.29, 0.717) is 5.69 Å². The Morgan fingerprint density at radius 1 is 1.44 bits per heavy atom. The van der Waals surface area contributed by atoms with Crippen molar-refractivity contribution >= 4 is 32.6 Å². The Kier molecular flexibility index (Phi) is 2.76. The maximum atomic E-state index is 11.6. The molecule has 1 aromatic carbocycles. The van der Waals surface area contributed by atoms with Gasteiger partial charge in [0.05, 0.1) is 22.8 Å². The summed E-state index contributed by atoms with van der Waals surface area (Å²) in [6.45, 7) is 1.56. The molecule has 16 heavy (non-hydrogen) atoms. The topological polar surface area (TPSA) is 31.2 Å². The molecule has 1 aromatic heterocycles. The molecule has 0 aliphatic heterocycles. The number of rotatable bonds is 2. The van der Waals surface area contributed by atoms with Gasteiger partial charge in [0, 0.05) is 19.4 Å². The van der Waals surface area contributed by atoms with Crippen LogP contribution in [0.15, 0.2) is 22.7 Å². The molecular formula is C12H12BrNO2. The van der Waals surface area contributed by atoms with Crippen LogP contribution in [0.4, 0.5) is 0 Å². The lowest BCUT2D eigenvalue weighted by Crippen LogP contribution is -2.02. The zero-order valence-corrected chi connectivity index (χ0v) is 11.0. The zero-order valence-electron chi connectivity index (χ0n) is 9.37. The number of aryl methyl sites for hydroxylation is 1. The molecule has 0 saturated heterocycles. The van der Waals surface area contributed by atoms with Crippen molar-refractivity contribution in [2.75, 3.05) is 7.11 Å². The lowest BCUT2D eigenvalue weighted by atomic mass is 10.2. The van der Waals surface area contributed by atoms with Crippen LogP contribution in [0.5, 0.6) is 5.75 Å². The largest absolute Gasteiger partial charge is 0.495 e. The number of methoxy groups -OCH3 is 1. The Morgan fingerprint density at radius 3 is 2.69 bits per heavy atom. The summed E-state index contributed by atoms with van der Waals surface area (Å²) in [4.78, 5) is 11.6. The van der Waals surface area contributed by atoms with Crippen LogP contribution in [0.1, 0.15) is 17.4 Å². The molecule has 4 heteroatoms. The van der Waals surface area contributed by atoms with Crippen LogP contribution in [0.3, 0.4) is 0 Å². The molecular weight excluding hydrogens is 270 g/mol. The highest BCUT2D eigenvalue weighted by Crippen LogP contribution is 2.35. The van der Waals surface area contributed by atoms with E-state index >= 15 is 0 Å². The number of fused-ring (bicyclic) bond motifs is 1. The van der Waals surface area contributed by atoms with Crippen molar-refractivity contribution in [3.8, 4) is 5.75 Å². The molecule has 0 radical (unpaired) electrons. The minimum absolute atomic E-state index is 0.0348. The lowest BCUT2D eigenvalue weighted by molar-refractivity contribution is 0.101. The van der Waals surface area contributed by atoms with Gasteiger partial charge in [-0.05, 0) is 22.0 Å². The molecule has 0 amide bonds. The van der Waals surface area contributed by atoms with Crippen molar-refractivity contribution in [1.82, 2.24) is 4.57 Å². The minimum Gasteiger partial charge on any atom is -0.495 e. The van der Waals surface area contributed by atoms with E-state index in [-0.39, 0.29) is 5.78 Å². The average Bonchev–Trinajstić information content (AvgIpc) is 2.51. The molecule has 2 aromatic rings. The van der Waals surface area contributed by atoms with E-state index in [1.54, 1.807) is 14.0 Å². The summed E-state index contributed by atoms with van der Waals surface area (Å²) in [5.41, 5.74) is 1.60. The Bertz CT molecular complexity index is 572. The Labute approximate surface area is 102 Å². The van der Waals surface area contributed by atoms with Gasteiger partial charge in [0.25, 0.3) is 0 Å². The summed E-state index contributed by atoms with van der Waals surface area (Å²) in [6, 6.07) is 5.77. The van der Waals surface area contributed by atoms with Gasteiger partial charge in [0.2, 0.25) is 0 Å². The second-order valence-electron chi connectivity index (χ2n) is 3.63. The third-order valence-electron chi connectivity index (χ3n) is 2.67. The van der Waals surface area contributed by atoms with E-state index in [1.165, 1.54) is 0 Å². The number of aromatic nitrogens is 1. The number of hydrogen-bond acceptors (Lipinski definition) is 2. The lowest BCUT2D eigenvalue weighted by Gasteiger charge is -2.05. The number of benzene rings is 1. The van der Waals surface area contributed by atoms with E-state index in [2.05, 4.69) is 15.9 Å². The van der Waals surface area contributed by atoms with Crippen LogP contribution in [0.25, 0.3) is 10.9 Å². The Hall–Kier alpha value is -1.29. The molecule has 0 aliphatic carbocycles. The van der Waals surface area contributed by atoms with E-state index in [9.17, 15) is 4.79 Å². The van der Waals surface area contributed by atoms with E-state index in [1.807, 2.05) is 29.8 Å². The summed E-state index contributed by atoms with van der Waals surface area (Å²) >= 11 is 3.47. The third-order valence-corrected chi connectivity index (χ3v) is 3.47. The number of carbonyl (C=O) groups is 1. The molecule has 0 N–H and O–H groups in total. The molecule has 1 heterocycles. The Morgan fingerprint density at radius 2 is 2.12 bits per heavy atom. The number of Topliss-reactive ketones (excluding diaryl/α,β-unsaturated/α-hetero) is 1. The highest BCUT2D eigenvalue weighted by Gasteiger charge is 2.18. The van der Waals surface area contributed by atoms with Gasteiger partial charge in [-0.25, -0.2) is 0 Å². The number of halogens is 1. The SMILES string of the molecule is COc1cccc2c(Br)c(C(C)=O)n(C)c12. The molecule has 0 aliphatic rings. The summed E-state index contributed by atoms with van der Waals surface area (Å²) in [7, 11) is 3.50. The predicted molar refractivity (Wildman–Crippen MR) is 67.2 cm³/mol. The molecule has 0 bridgehead atoms. The van der Waals surface area contributed by atoms with Crippen molar-refractivity contribution in [1.29, 1.82) is 0 Å². The molecule has 3 nitrogen and oxygen atoms in total. The van der Waals surface area contributed by atoms with Crippen molar-refractivity contribution in [2.24, 2.45) is 7.05 Å². The van der Waals surface area contributed by atoms with Crippen molar-refractivity contribution in [3.05, 3.63) is 28.4 Å². The first kappa shape index (κ1) is 11.2. The Balaban J connectivity index is 2.93. The minimum atomic E-state index is 0.0348. The van der Waals surface area contributed by atoms with Gasteiger partial charge in [-0.15, -0.1) is 0 Å². The zero-order chi connectivity index (χ0) is 11.9. The summed E-state index contributed by atoms with van der Waals surface area (Å²) in [6.07, 6.45) is 0. The van der Waals surface area contributed by atoms with Gasteiger partial charge in [0.15, 0.2) is 5.78 Å². The highest BCUT2D eigenvalue weighted by molar-refractivity contribution is 9.10. The summed E-state index contributed by atoms with van der Waals surface area (Å²) in [5.74, 6) is 0.806. The number of hydrogen-bond donors (Lipinski definition) is 0. The molecule has 84 valence electrons. The average molecular weight is 282 g/mol. The van der Waals surface area contributed by atoms with Gasteiger partial charge in [-0.2, -0.15) is 0 Å². The monoisotopic (exact) mass is 281 g/mol. The first-order chi connectivity index (χ1) is 7.57. The number of nitrogens with zero attached hydrogens (tertiary/aromatic N) is 1. The predicted octanol–water partition coefficient (Wildman–Crippen LogP) is 3.15. The van der Waals surface area contributed by atoms with Gasteiger partial charge >= 0.3 is 0 Å². The van der Waals surface area contributed by atoms with Crippen LogP contribution < -0.4 is 4.74 Å². The number of ether oxygens (including phenoxy) is 1. The highest BCUT2D eigenvalue weighted by atomic mass is 79.9. The number of ketones is 1. The van der Waals surface area contributed by atoms with Crippen molar-refractivity contribution in [3.63, 3.8) is 0 Å². The second kappa shape index (κ2) is 3.94. The fraction of sp³-hybridized carbons (Fsp3) is 0.250. The van der Waals surface area contributed by atoms with Crippen LogP contribution in [0, 0.1) is 0 Å². The fourth-order valence-electron chi connectivity index (χ4n) is 1.99. The summed E-state index contributed by atoms with van der Waals surface area (Å²) < 4.78 is 8.00. The van der Waals surface area contributed by atoms with E-state index < -0.39 is 0 Å². The van der Waals surface area contributed by atoms with Crippen molar-refractivity contribution in [2.45, 2.75) is 6.92 Å². The maximum Gasteiger partial charge on any atom is 0.177 e. The van der Waals surface area contributed by atoms with Crippen LogP contribution >= 0.6 is 15.9 Å².